The van der Waals surface area contributed by atoms with E-state index in [1.165, 1.54) is 5.56 Å². The molecule has 2 unspecified atom stereocenters. The van der Waals surface area contributed by atoms with Gasteiger partial charge in [0.15, 0.2) is 5.82 Å². The van der Waals surface area contributed by atoms with Gasteiger partial charge in [0.05, 0.1) is 25.5 Å². The second kappa shape index (κ2) is 16.7. The van der Waals surface area contributed by atoms with Crippen LogP contribution < -0.4 is 30.9 Å². The lowest BCUT2D eigenvalue weighted by Gasteiger charge is -2.42. The lowest BCUT2D eigenvalue weighted by molar-refractivity contribution is -0.134. The molecule has 282 valence electrons. The van der Waals surface area contributed by atoms with Gasteiger partial charge in [-0.2, -0.15) is 4.98 Å². The molecule has 7 rings (SSSR count). The van der Waals surface area contributed by atoms with Crippen molar-refractivity contribution in [2.24, 2.45) is 0 Å². The minimum Gasteiger partial charge on any atom is -0.494 e. The number of piperazine rings is 1. The number of hydrogen-bond donors (Lipinski definition) is 4. The lowest BCUT2D eigenvalue weighted by Crippen LogP contribution is -2.55. The predicted molar refractivity (Wildman–Crippen MR) is 211 cm³/mol. The number of imide groups is 1. The third-order valence-electron chi connectivity index (χ3n) is 10.4. The first kappa shape index (κ1) is 36.9. The van der Waals surface area contributed by atoms with E-state index in [1.54, 1.807) is 13.3 Å². The molecule has 4 N–H and O–H groups in total. The minimum atomic E-state index is -0.395. The van der Waals surface area contributed by atoms with Gasteiger partial charge in [-0.3, -0.25) is 24.6 Å². The first-order valence-electron chi connectivity index (χ1n) is 18.5. The van der Waals surface area contributed by atoms with Crippen LogP contribution in [0.5, 0.6) is 5.75 Å². The standard InChI is InChI=1S/C40H46ClN9O4/c1-26-24-49(37(52)25-48-18-16-28(17-19-48)27-8-10-30(11-9-27)43-34-14-15-36(51)46-39(34)53)20-21-50(26)31-12-13-33(35(22-31)54-2)45-40-42-23-32(41)38(47-40)44-29-6-4-3-5-7-29/h3-13,22-23,26,28,34,43H,14-21,24-25H2,1-2H3,(H,46,51,53)(H2,42,44,45,47). The van der Waals surface area contributed by atoms with Crippen molar-refractivity contribution in [1.29, 1.82) is 0 Å². The molecule has 3 aromatic carbocycles. The van der Waals surface area contributed by atoms with E-state index in [0.717, 1.165) is 48.7 Å². The van der Waals surface area contributed by atoms with Crippen molar-refractivity contribution in [2.75, 3.05) is 67.2 Å². The van der Waals surface area contributed by atoms with Crippen LogP contribution in [0.2, 0.25) is 5.02 Å². The van der Waals surface area contributed by atoms with E-state index in [9.17, 15) is 14.4 Å². The van der Waals surface area contributed by atoms with Gasteiger partial charge in [-0.25, -0.2) is 4.98 Å². The van der Waals surface area contributed by atoms with E-state index in [-0.39, 0.29) is 23.8 Å². The van der Waals surface area contributed by atoms with Crippen molar-refractivity contribution in [3.05, 3.63) is 89.6 Å². The van der Waals surface area contributed by atoms with Gasteiger partial charge in [0, 0.05) is 55.2 Å². The molecule has 0 aliphatic carbocycles. The van der Waals surface area contributed by atoms with Crippen LogP contribution in [0.1, 0.15) is 44.1 Å². The highest BCUT2D eigenvalue weighted by molar-refractivity contribution is 6.32. The maximum Gasteiger partial charge on any atom is 0.249 e. The molecule has 3 saturated heterocycles. The maximum atomic E-state index is 13.5. The second-order valence-electron chi connectivity index (χ2n) is 14.1. The smallest absolute Gasteiger partial charge is 0.249 e. The lowest BCUT2D eigenvalue weighted by atomic mass is 9.89. The number of likely N-dealkylation sites (tertiary alicyclic amines) is 1. The SMILES string of the molecule is COc1cc(N2CCN(C(=O)CN3CCC(c4ccc(NC5CCC(=O)NC5=O)cc4)CC3)CC2C)ccc1Nc1ncc(Cl)c(Nc2ccccc2)n1. The molecular formula is C40H46ClN9O4. The number of methoxy groups -OCH3 is 1. The number of carbonyl (C=O) groups is 3. The van der Waals surface area contributed by atoms with Crippen molar-refractivity contribution < 1.29 is 19.1 Å². The number of para-hydroxylation sites is 1. The number of hydrogen-bond acceptors (Lipinski definition) is 11. The zero-order chi connectivity index (χ0) is 37.6. The summed E-state index contributed by atoms with van der Waals surface area (Å²) in [6, 6.07) is 23.7. The van der Waals surface area contributed by atoms with Crippen molar-refractivity contribution >= 4 is 63.8 Å². The quantitative estimate of drug-likeness (QED) is 0.139. The zero-order valence-corrected chi connectivity index (χ0v) is 31.3. The predicted octanol–water partition coefficient (Wildman–Crippen LogP) is 5.76. The number of rotatable bonds is 11. The van der Waals surface area contributed by atoms with Gasteiger partial charge in [0.2, 0.25) is 23.7 Å². The molecule has 4 aromatic rings. The molecule has 0 saturated carbocycles. The van der Waals surface area contributed by atoms with Gasteiger partial charge in [-0.15, -0.1) is 0 Å². The van der Waals surface area contributed by atoms with E-state index < -0.39 is 6.04 Å². The average Bonchev–Trinajstić information content (AvgIpc) is 3.18. The number of halogens is 1. The molecule has 3 amide bonds. The Kier molecular flexibility index (Phi) is 11.4. The fourth-order valence-electron chi connectivity index (χ4n) is 7.42. The number of anilines is 6. The summed E-state index contributed by atoms with van der Waals surface area (Å²) in [6.07, 6.45) is 4.37. The van der Waals surface area contributed by atoms with Gasteiger partial charge in [0.25, 0.3) is 0 Å². The van der Waals surface area contributed by atoms with E-state index in [1.807, 2.05) is 65.6 Å². The second-order valence-corrected chi connectivity index (χ2v) is 14.5. The molecule has 54 heavy (non-hydrogen) atoms. The first-order chi connectivity index (χ1) is 26.2. The molecule has 3 fully saturated rings. The fourth-order valence-corrected chi connectivity index (χ4v) is 7.56. The number of carbonyl (C=O) groups excluding carboxylic acids is 3. The highest BCUT2D eigenvalue weighted by atomic mass is 35.5. The molecule has 4 heterocycles. The molecule has 14 heteroatoms. The molecule has 0 spiro atoms. The summed E-state index contributed by atoms with van der Waals surface area (Å²) in [7, 11) is 1.64. The van der Waals surface area contributed by atoms with Crippen LogP contribution in [-0.4, -0.2) is 96.0 Å². The fraction of sp³-hybridized carbons (Fsp3) is 0.375. The van der Waals surface area contributed by atoms with Gasteiger partial charge >= 0.3 is 0 Å². The summed E-state index contributed by atoms with van der Waals surface area (Å²) in [5, 5.41) is 12.5. The van der Waals surface area contributed by atoms with E-state index in [0.29, 0.717) is 67.5 Å². The van der Waals surface area contributed by atoms with Crippen molar-refractivity contribution in [3.63, 3.8) is 0 Å². The number of nitrogens with one attached hydrogen (secondary N) is 4. The number of amides is 3. The summed E-state index contributed by atoms with van der Waals surface area (Å²) in [5.74, 6) is 1.63. The summed E-state index contributed by atoms with van der Waals surface area (Å²) >= 11 is 6.38. The molecule has 1 aromatic heterocycles. The minimum absolute atomic E-state index is 0.121. The highest BCUT2D eigenvalue weighted by Gasteiger charge is 2.30. The molecule has 0 radical (unpaired) electrons. The molecule has 0 bridgehead atoms. The molecule has 2 atom stereocenters. The van der Waals surface area contributed by atoms with Gasteiger partial charge < -0.3 is 30.5 Å². The zero-order valence-electron chi connectivity index (χ0n) is 30.6. The van der Waals surface area contributed by atoms with Crippen LogP contribution >= 0.6 is 11.6 Å². The third-order valence-corrected chi connectivity index (χ3v) is 10.7. The number of benzene rings is 3. The molecule has 3 aliphatic rings. The first-order valence-corrected chi connectivity index (χ1v) is 18.9. The number of piperidine rings is 2. The Hall–Kier alpha value is -5.40. The monoisotopic (exact) mass is 751 g/mol. The van der Waals surface area contributed by atoms with E-state index in [4.69, 9.17) is 16.3 Å². The topological polar surface area (TPSA) is 144 Å². The van der Waals surface area contributed by atoms with Crippen LogP contribution in [0.4, 0.5) is 34.5 Å². The van der Waals surface area contributed by atoms with Crippen molar-refractivity contribution in [3.8, 4) is 5.75 Å². The Morgan fingerprint density at radius 1 is 0.944 bits per heavy atom. The average molecular weight is 752 g/mol. The number of ether oxygens (including phenoxy) is 1. The van der Waals surface area contributed by atoms with Crippen molar-refractivity contribution in [1.82, 2.24) is 25.1 Å². The van der Waals surface area contributed by atoms with E-state index in [2.05, 4.69) is 60.1 Å². The van der Waals surface area contributed by atoms with Crippen LogP contribution in [0.3, 0.4) is 0 Å². The van der Waals surface area contributed by atoms with Crippen LogP contribution in [0.15, 0.2) is 79.0 Å². The molecule has 3 aliphatic heterocycles. The van der Waals surface area contributed by atoms with Crippen LogP contribution in [-0.2, 0) is 14.4 Å². The van der Waals surface area contributed by atoms with Gasteiger partial charge in [0.1, 0.15) is 16.8 Å². The number of nitrogens with zero attached hydrogens (tertiary/aromatic N) is 5. The summed E-state index contributed by atoms with van der Waals surface area (Å²) in [6.45, 7) is 6.33. The van der Waals surface area contributed by atoms with Gasteiger partial charge in [-0.05, 0) is 87.2 Å². The normalized spacial score (nSPS) is 19.6. The number of aromatic nitrogens is 2. The Labute approximate surface area is 320 Å². The Bertz CT molecular complexity index is 1960. The summed E-state index contributed by atoms with van der Waals surface area (Å²) in [5.41, 5.74) is 4.74. The molecular weight excluding hydrogens is 706 g/mol. The van der Waals surface area contributed by atoms with Crippen molar-refractivity contribution in [2.45, 2.75) is 50.6 Å². The Balaban J connectivity index is 0.884. The van der Waals surface area contributed by atoms with Crippen LogP contribution in [0, 0.1) is 0 Å². The Morgan fingerprint density at radius 3 is 2.44 bits per heavy atom. The highest BCUT2D eigenvalue weighted by Crippen LogP contribution is 2.34. The van der Waals surface area contributed by atoms with Gasteiger partial charge in [-0.1, -0.05) is 41.9 Å². The van der Waals surface area contributed by atoms with E-state index >= 15 is 0 Å². The molecule has 13 nitrogen and oxygen atoms in total. The summed E-state index contributed by atoms with van der Waals surface area (Å²) in [4.78, 5) is 52.5. The largest absolute Gasteiger partial charge is 0.494 e. The Morgan fingerprint density at radius 2 is 1.72 bits per heavy atom. The van der Waals surface area contributed by atoms with Crippen LogP contribution in [0.25, 0.3) is 0 Å². The summed E-state index contributed by atoms with van der Waals surface area (Å²) < 4.78 is 5.77. The maximum absolute atomic E-state index is 13.5. The third kappa shape index (κ3) is 8.86.